The first-order valence-corrected chi connectivity index (χ1v) is 8.51. The van der Waals surface area contributed by atoms with Gasteiger partial charge in [-0.1, -0.05) is 11.8 Å². The van der Waals surface area contributed by atoms with E-state index in [2.05, 4.69) is 25.9 Å². The standard InChI is InChI=1S/C11H18N4O2S2/c1-14(5-6-18-2)10-12-13-11(19-7-9(16)17)15(10)8-3-4-8/h8H,3-7H2,1-2H3,(H,16,17). The Hall–Kier alpha value is -0.890. The first kappa shape index (κ1) is 14.5. The van der Waals surface area contributed by atoms with Gasteiger partial charge in [-0.2, -0.15) is 11.8 Å². The zero-order valence-corrected chi connectivity index (χ0v) is 12.7. The molecule has 0 saturated heterocycles. The summed E-state index contributed by atoms with van der Waals surface area (Å²) in [6.45, 7) is 0.912. The van der Waals surface area contributed by atoms with Crippen LogP contribution >= 0.6 is 23.5 Å². The van der Waals surface area contributed by atoms with Crippen LogP contribution in [0.5, 0.6) is 0 Å². The van der Waals surface area contributed by atoms with Crippen molar-refractivity contribution in [1.29, 1.82) is 0 Å². The lowest BCUT2D eigenvalue weighted by Crippen LogP contribution is -2.24. The van der Waals surface area contributed by atoms with E-state index in [4.69, 9.17) is 5.11 Å². The molecule has 0 bridgehead atoms. The van der Waals surface area contributed by atoms with Crippen molar-refractivity contribution in [2.75, 3.05) is 36.3 Å². The lowest BCUT2D eigenvalue weighted by molar-refractivity contribution is -0.133. The quantitative estimate of drug-likeness (QED) is 0.731. The van der Waals surface area contributed by atoms with Crippen LogP contribution in [0.4, 0.5) is 5.95 Å². The van der Waals surface area contributed by atoms with Crippen LogP contribution in [0.2, 0.25) is 0 Å². The van der Waals surface area contributed by atoms with E-state index in [0.29, 0.717) is 6.04 Å². The van der Waals surface area contributed by atoms with Crippen molar-refractivity contribution in [3.05, 3.63) is 0 Å². The van der Waals surface area contributed by atoms with Crippen molar-refractivity contribution in [3.63, 3.8) is 0 Å². The summed E-state index contributed by atoms with van der Waals surface area (Å²) in [6, 6.07) is 0.443. The summed E-state index contributed by atoms with van der Waals surface area (Å²) in [5.41, 5.74) is 0. The first-order valence-electron chi connectivity index (χ1n) is 6.13. The molecule has 1 aromatic heterocycles. The molecule has 6 nitrogen and oxygen atoms in total. The molecule has 106 valence electrons. The van der Waals surface area contributed by atoms with Crippen LogP contribution in [0.25, 0.3) is 0 Å². The maximum absolute atomic E-state index is 10.7. The number of anilines is 1. The number of carboxylic acids is 1. The maximum atomic E-state index is 10.7. The van der Waals surface area contributed by atoms with E-state index < -0.39 is 5.97 Å². The van der Waals surface area contributed by atoms with Crippen LogP contribution in [0.15, 0.2) is 5.16 Å². The van der Waals surface area contributed by atoms with Crippen molar-refractivity contribution in [3.8, 4) is 0 Å². The van der Waals surface area contributed by atoms with Crippen molar-refractivity contribution < 1.29 is 9.90 Å². The van der Waals surface area contributed by atoms with E-state index in [0.717, 1.165) is 36.2 Å². The van der Waals surface area contributed by atoms with Gasteiger partial charge in [-0.05, 0) is 19.1 Å². The number of thioether (sulfide) groups is 2. The van der Waals surface area contributed by atoms with Crippen LogP contribution in [-0.2, 0) is 4.79 Å². The van der Waals surface area contributed by atoms with Crippen LogP contribution in [-0.4, -0.2) is 57.2 Å². The molecule has 1 saturated carbocycles. The van der Waals surface area contributed by atoms with E-state index in [1.807, 2.05) is 7.05 Å². The fraction of sp³-hybridized carbons (Fsp3) is 0.727. The molecule has 0 spiro atoms. The number of rotatable bonds is 8. The normalized spacial score (nSPS) is 14.6. The van der Waals surface area contributed by atoms with E-state index in [1.54, 1.807) is 11.8 Å². The van der Waals surface area contributed by atoms with Crippen molar-refractivity contribution in [1.82, 2.24) is 14.8 Å². The molecule has 0 radical (unpaired) electrons. The summed E-state index contributed by atoms with van der Waals surface area (Å²) in [4.78, 5) is 12.7. The molecule has 1 N–H and O–H groups in total. The molecule has 0 amide bonds. The minimum Gasteiger partial charge on any atom is -0.481 e. The molecule has 8 heteroatoms. The number of nitrogens with zero attached hydrogens (tertiary/aromatic N) is 4. The molecule has 1 fully saturated rings. The van der Waals surface area contributed by atoms with Gasteiger partial charge in [0.1, 0.15) is 0 Å². The Balaban J connectivity index is 2.12. The fourth-order valence-corrected chi connectivity index (χ4v) is 2.91. The molecule has 1 aliphatic carbocycles. The number of aromatic nitrogens is 3. The molecule has 0 aromatic carbocycles. The zero-order chi connectivity index (χ0) is 13.8. The first-order chi connectivity index (χ1) is 9.13. The average Bonchev–Trinajstić information content (AvgIpc) is 3.13. The highest BCUT2D eigenvalue weighted by Crippen LogP contribution is 2.40. The minimum absolute atomic E-state index is 0.0272. The highest BCUT2D eigenvalue weighted by atomic mass is 32.2. The zero-order valence-electron chi connectivity index (χ0n) is 11.1. The van der Waals surface area contributed by atoms with Crippen molar-refractivity contribution in [2.45, 2.75) is 24.0 Å². The lowest BCUT2D eigenvalue weighted by atomic mass is 10.6. The van der Waals surface area contributed by atoms with Gasteiger partial charge in [0.25, 0.3) is 0 Å². The number of hydrogen-bond donors (Lipinski definition) is 1. The molecule has 0 unspecified atom stereocenters. The van der Waals surface area contributed by atoms with Gasteiger partial charge >= 0.3 is 5.97 Å². The Kier molecular flexibility index (Phi) is 4.98. The molecule has 1 aromatic rings. The topological polar surface area (TPSA) is 71.2 Å². The highest BCUT2D eigenvalue weighted by molar-refractivity contribution is 7.99. The SMILES string of the molecule is CSCCN(C)c1nnc(SCC(=O)O)n1C1CC1. The Labute approximate surface area is 120 Å². The molecular weight excluding hydrogens is 284 g/mol. The van der Waals surface area contributed by atoms with E-state index >= 15 is 0 Å². The molecular formula is C11H18N4O2S2. The molecule has 0 atom stereocenters. The van der Waals surface area contributed by atoms with Gasteiger partial charge in [-0.15, -0.1) is 10.2 Å². The van der Waals surface area contributed by atoms with E-state index in [1.165, 1.54) is 11.8 Å². The third-order valence-electron chi connectivity index (χ3n) is 2.86. The number of carbonyl (C=O) groups is 1. The monoisotopic (exact) mass is 302 g/mol. The Bertz CT molecular complexity index is 448. The van der Waals surface area contributed by atoms with Crippen LogP contribution in [0, 0.1) is 0 Å². The molecule has 19 heavy (non-hydrogen) atoms. The van der Waals surface area contributed by atoms with Gasteiger partial charge in [0.05, 0.1) is 5.75 Å². The summed E-state index contributed by atoms with van der Waals surface area (Å²) in [7, 11) is 2.00. The molecule has 1 aliphatic rings. The maximum Gasteiger partial charge on any atom is 0.313 e. The summed E-state index contributed by atoms with van der Waals surface area (Å²) in [5, 5.41) is 17.8. The van der Waals surface area contributed by atoms with E-state index in [-0.39, 0.29) is 5.75 Å². The van der Waals surface area contributed by atoms with E-state index in [9.17, 15) is 4.79 Å². The average molecular weight is 302 g/mol. The Morgan fingerprint density at radius 1 is 1.53 bits per heavy atom. The summed E-state index contributed by atoms with van der Waals surface area (Å²) in [6.07, 6.45) is 4.33. The lowest BCUT2D eigenvalue weighted by Gasteiger charge is -2.18. The minimum atomic E-state index is -0.826. The van der Waals surface area contributed by atoms with Crippen LogP contribution < -0.4 is 4.90 Å². The van der Waals surface area contributed by atoms with Crippen molar-refractivity contribution >= 4 is 35.4 Å². The largest absolute Gasteiger partial charge is 0.481 e. The highest BCUT2D eigenvalue weighted by Gasteiger charge is 2.31. The third kappa shape index (κ3) is 3.79. The summed E-state index contributed by atoms with van der Waals surface area (Å²) >= 11 is 3.04. The van der Waals surface area contributed by atoms with Gasteiger partial charge in [0.15, 0.2) is 5.16 Å². The molecule has 0 aliphatic heterocycles. The number of aliphatic carboxylic acids is 1. The fourth-order valence-electron chi connectivity index (χ4n) is 1.73. The Morgan fingerprint density at radius 3 is 2.84 bits per heavy atom. The second kappa shape index (κ2) is 6.51. The second-order valence-corrected chi connectivity index (χ2v) is 6.41. The predicted molar refractivity (Wildman–Crippen MR) is 78.3 cm³/mol. The third-order valence-corrected chi connectivity index (χ3v) is 4.37. The molecule has 1 heterocycles. The summed E-state index contributed by atoms with van der Waals surface area (Å²) in [5.74, 6) is 1.09. The van der Waals surface area contributed by atoms with Crippen LogP contribution in [0.1, 0.15) is 18.9 Å². The van der Waals surface area contributed by atoms with Crippen LogP contribution in [0.3, 0.4) is 0 Å². The predicted octanol–water partition coefficient (Wildman–Crippen LogP) is 1.59. The Morgan fingerprint density at radius 2 is 2.26 bits per heavy atom. The smallest absolute Gasteiger partial charge is 0.313 e. The second-order valence-electron chi connectivity index (χ2n) is 4.48. The van der Waals surface area contributed by atoms with Gasteiger partial charge < -0.3 is 10.0 Å². The van der Waals surface area contributed by atoms with Gasteiger partial charge in [-0.25, -0.2) is 0 Å². The van der Waals surface area contributed by atoms with Gasteiger partial charge in [0, 0.05) is 25.4 Å². The molecule has 2 rings (SSSR count). The number of carboxylic acid groups (broad SMARTS) is 1. The summed E-state index contributed by atoms with van der Waals surface area (Å²) < 4.78 is 2.09. The van der Waals surface area contributed by atoms with Crippen molar-refractivity contribution in [2.24, 2.45) is 0 Å². The number of hydrogen-bond acceptors (Lipinski definition) is 6. The van der Waals surface area contributed by atoms with Gasteiger partial charge in [0.2, 0.25) is 5.95 Å². The van der Waals surface area contributed by atoms with Gasteiger partial charge in [-0.3, -0.25) is 9.36 Å².